The highest BCUT2D eigenvalue weighted by Gasteiger charge is 2.29. The van der Waals surface area contributed by atoms with E-state index in [0.29, 0.717) is 56.6 Å². The molecule has 0 fully saturated rings. The van der Waals surface area contributed by atoms with Crippen LogP contribution in [0.15, 0.2) is 90.3 Å². The lowest BCUT2D eigenvalue weighted by Gasteiger charge is -2.39. The van der Waals surface area contributed by atoms with Gasteiger partial charge in [0, 0.05) is 61.3 Å². The number of benzene rings is 3. The van der Waals surface area contributed by atoms with Gasteiger partial charge >= 0.3 is 6.09 Å². The minimum absolute atomic E-state index is 0.0301. The molecule has 0 saturated heterocycles. The van der Waals surface area contributed by atoms with E-state index in [4.69, 9.17) is 10.5 Å². The van der Waals surface area contributed by atoms with Gasteiger partial charge in [0.1, 0.15) is 18.3 Å². The number of nitrogens with two attached hydrogens (primary N) is 1. The molecule has 0 spiro atoms. The van der Waals surface area contributed by atoms with Crippen molar-refractivity contribution in [3.8, 4) is 0 Å². The van der Waals surface area contributed by atoms with Crippen molar-refractivity contribution in [3.63, 3.8) is 0 Å². The fraction of sp³-hybridized carbons (Fsp3) is 0.303. The first-order valence-electron chi connectivity index (χ1n) is 14.5. The lowest BCUT2D eigenvalue weighted by molar-refractivity contribution is 0.0818. The number of carbonyl (C=O) groups is 1. The number of allylic oxidation sites excluding steroid dienone is 3. The third-order valence-electron chi connectivity index (χ3n) is 7.91. The van der Waals surface area contributed by atoms with Crippen molar-refractivity contribution in [1.82, 2.24) is 9.80 Å². The molecular formula is C33H35F2N4O4S-. The molecule has 3 N–H and O–H groups in total. The maximum Gasteiger partial charge on any atom is 0.410 e. The summed E-state index contributed by atoms with van der Waals surface area (Å²) < 4.78 is 58.2. The lowest BCUT2D eigenvalue weighted by atomic mass is 9.88. The molecule has 5 rings (SSSR count). The van der Waals surface area contributed by atoms with Gasteiger partial charge in [-0.05, 0) is 77.9 Å². The van der Waals surface area contributed by atoms with Crippen molar-refractivity contribution < 1.29 is 27.1 Å². The second-order valence-electron chi connectivity index (χ2n) is 11.1. The van der Waals surface area contributed by atoms with Crippen molar-refractivity contribution in [1.29, 1.82) is 0 Å². The third kappa shape index (κ3) is 8.75. The summed E-state index contributed by atoms with van der Waals surface area (Å²) in [6.45, 7) is 1.61. The van der Waals surface area contributed by atoms with Crippen molar-refractivity contribution in [3.05, 3.63) is 118 Å². The van der Waals surface area contributed by atoms with Crippen molar-refractivity contribution in [2.45, 2.75) is 51.4 Å². The lowest BCUT2D eigenvalue weighted by Crippen LogP contribution is -2.45. The summed E-state index contributed by atoms with van der Waals surface area (Å²) in [6.07, 6.45) is 5.18. The number of nitrogen functional groups attached to an aromatic ring is 1. The van der Waals surface area contributed by atoms with Crippen LogP contribution in [0.25, 0.3) is 0 Å². The van der Waals surface area contributed by atoms with Gasteiger partial charge < -0.3 is 24.6 Å². The fourth-order valence-corrected chi connectivity index (χ4v) is 6.05. The van der Waals surface area contributed by atoms with Crippen LogP contribution in [0.3, 0.4) is 0 Å². The van der Waals surface area contributed by atoms with Crippen molar-refractivity contribution >= 4 is 28.7 Å². The fourth-order valence-electron chi connectivity index (χ4n) is 5.74. The van der Waals surface area contributed by atoms with Crippen LogP contribution in [0.4, 0.5) is 25.0 Å². The highest BCUT2D eigenvalue weighted by molar-refractivity contribution is 7.80. The van der Waals surface area contributed by atoms with Gasteiger partial charge in [-0.15, -0.1) is 0 Å². The summed E-state index contributed by atoms with van der Waals surface area (Å²) in [5.74, 6) is -0.408. The second-order valence-corrected chi connectivity index (χ2v) is 11.8. The van der Waals surface area contributed by atoms with Crippen LogP contribution in [0, 0.1) is 5.82 Å². The standard InChI is InChI=1S/C33H36F2N4O4S/c34-28-9-6-23(7-10-28)16-32-18-27-17-29(35)11-8-26(27)21-38(32)12-13-39(33(40)43-22-24-4-2-1-3-5-24)20-25-14-30(36)19-31(15-25)37-44(41)42/h1-6,8-9,11,14-15,17,19,32,37H,7,10,12-13,16,18,20-22,36H2,(H,41,42)/p-1. The van der Waals surface area contributed by atoms with Crippen LogP contribution in [-0.4, -0.2) is 43.8 Å². The molecule has 3 aromatic rings. The number of nitrogens with zero attached hydrogens (tertiary/aromatic N) is 2. The smallest absolute Gasteiger partial charge is 0.410 e. The van der Waals surface area contributed by atoms with Crippen LogP contribution in [0.2, 0.25) is 0 Å². The number of halogens is 2. The summed E-state index contributed by atoms with van der Waals surface area (Å²) in [5.41, 5.74) is 11.3. The Balaban J connectivity index is 1.36. The molecule has 2 unspecified atom stereocenters. The molecule has 1 aliphatic heterocycles. The molecule has 3 aromatic carbocycles. The predicted octanol–water partition coefficient (Wildman–Crippen LogP) is 6.14. The molecule has 8 nitrogen and oxygen atoms in total. The van der Waals surface area contributed by atoms with E-state index in [2.05, 4.69) is 9.62 Å². The maximum atomic E-state index is 14.1. The van der Waals surface area contributed by atoms with Crippen LogP contribution >= 0.6 is 0 Å². The van der Waals surface area contributed by atoms with Gasteiger partial charge in [0.15, 0.2) is 0 Å². The van der Waals surface area contributed by atoms with E-state index in [1.807, 2.05) is 36.4 Å². The van der Waals surface area contributed by atoms with Gasteiger partial charge in [-0.2, -0.15) is 0 Å². The Hall–Kier alpha value is -4.06. The maximum absolute atomic E-state index is 14.1. The molecule has 2 atom stereocenters. The van der Waals surface area contributed by atoms with Gasteiger partial charge in [0.25, 0.3) is 0 Å². The Morgan fingerprint density at radius 2 is 1.86 bits per heavy atom. The highest BCUT2D eigenvalue weighted by Crippen LogP contribution is 2.31. The molecule has 232 valence electrons. The quantitative estimate of drug-likeness (QED) is 0.197. The summed E-state index contributed by atoms with van der Waals surface area (Å²) in [6, 6.07) is 19.1. The van der Waals surface area contributed by atoms with E-state index in [0.717, 1.165) is 22.3 Å². The van der Waals surface area contributed by atoms with Crippen LogP contribution in [-0.2, 0) is 42.1 Å². The zero-order valence-corrected chi connectivity index (χ0v) is 25.0. The summed E-state index contributed by atoms with van der Waals surface area (Å²) >= 11 is -2.53. The SMILES string of the molecule is Nc1cc(CN(CCN2Cc3ccc(F)cc3CC2CC2=CC=C(F)CC2)C(=O)OCc2ccccc2)cc(NS(=O)[O-])c1. The number of ether oxygens (including phenoxy) is 1. The number of amides is 1. The van der Waals surface area contributed by atoms with Crippen molar-refractivity contribution in [2.24, 2.45) is 0 Å². The molecular weight excluding hydrogens is 586 g/mol. The average molecular weight is 622 g/mol. The Morgan fingerprint density at radius 1 is 1.05 bits per heavy atom. The minimum Gasteiger partial charge on any atom is -0.755 e. The zero-order chi connectivity index (χ0) is 31.1. The van der Waals surface area contributed by atoms with Gasteiger partial charge in [0.05, 0.1) is 0 Å². The molecule has 1 amide bonds. The normalized spacial score (nSPS) is 17.2. The van der Waals surface area contributed by atoms with E-state index < -0.39 is 17.4 Å². The van der Waals surface area contributed by atoms with E-state index in [1.54, 1.807) is 29.2 Å². The summed E-state index contributed by atoms with van der Waals surface area (Å²) in [4.78, 5) is 17.3. The Kier molecular flexibility index (Phi) is 10.4. The number of fused-ring (bicyclic) bond motifs is 1. The number of carbonyl (C=O) groups excluding carboxylic acids is 1. The van der Waals surface area contributed by atoms with Crippen LogP contribution in [0.5, 0.6) is 0 Å². The first-order chi connectivity index (χ1) is 21.2. The molecule has 44 heavy (non-hydrogen) atoms. The third-order valence-corrected chi connectivity index (χ3v) is 8.31. The topological polar surface area (TPSA) is 111 Å². The van der Waals surface area contributed by atoms with Crippen LogP contribution in [0.1, 0.15) is 41.5 Å². The van der Waals surface area contributed by atoms with Gasteiger partial charge in [-0.1, -0.05) is 48.0 Å². The number of rotatable bonds is 11. The minimum atomic E-state index is -2.53. The van der Waals surface area contributed by atoms with E-state index in [9.17, 15) is 22.3 Å². The predicted molar refractivity (Wildman–Crippen MR) is 166 cm³/mol. The molecule has 0 saturated carbocycles. The zero-order valence-electron chi connectivity index (χ0n) is 24.2. The first-order valence-corrected chi connectivity index (χ1v) is 15.6. The average Bonchev–Trinajstić information content (AvgIpc) is 2.99. The molecule has 1 heterocycles. The number of anilines is 2. The van der Waals surface area contributed by atoms with Gasteiger partial charge in [-0.25, -0.2) is 13.6 Å². The molecule has 0 bridgehead atoms. The summed E-state index contributed by atoms with van der Waals surface area (Å²) in [5, 5.41) is 0. The largest absolute Gasteiger partial charge is 0.755 e. The molecule has 2 aliphatic rings. The number of hydrogen-bond acceptors (Lipinski definition) is 6. The molecule has 1 aliphatic carbocycles. The van der Waals surface area contributed by atoms with Gasteiger partial charge in [0.2, 0.25) is 0 Å². The summed E-state index contributed by atoms with van der Waals surface area (Å²) in [7, 11) is 0. The molecule has 11 heteroatoms. The van der Waals surface area contributed by atoms with Crippen LogP contribution < -0.4 is 10.5 Å². The van der Waals surface area contributed by atoms with Gasteiger partial charge in [-0.3, -0.25) is 9.11 Å². The van der Waals surface area contributed by atoms with E-state index in [1.165, 1.54) is 18.2 Å². The molecule has 0 aromatic heterocycles. The number of nitrogens with one attached hydrogen (secondary N) is 1. The molecule has 0 radical (unpaired) electrons. The second kappa shape index (κ2) is 14.6. The Labute approximate surface area is 258 Å². The number of hydrogen-bond donors (Lipinski definition) is 2. The Bertz CT molecular complexity index is 1570. The van der Waals surface area contributed by atoms with E-state index in [-0.39, 0.29) is 36.5 Å². The Morgan fingerprint density at radius 3 is 2.61 bits per heavy atom. The highest BCUT2D eigenvalue weighted by atomic mass is 32.2. The first kappa shape index (κ1) is 31.4. The monoisotopic (exact) mass is 621 g/mol. The van der Waals surface area contributed by atoms with E-state index >= 15 is 0 Å². The van der Waals surface area contributed by atoms with Crippen molar-refractivity contribution in [2.75, 3.05) is 23.5 Å².